The average molecular weight is 296 g/mol. The zero-order valence-corrected chi connectivity index (χ0v) is 11.9. The molecule has 6 nitrogen and oxygen atoms in total. The number of rotatable bonds is 4. The van der Waals surface area contributed by atoms with Gasteiger partial charge in [-0.15, -0.1) is 0 Å². The van der Waals surface area contributed by atoms with Gasteiger partial charge in [0.2, 0.25) is 10.0 Å². The monoisotopic (exact) mass is 296 g/mol. The Hall–Kier alpha value is -0.180. The molecule has 1 heterocycles. The second kappa shape index (κ2) is 4.73. The number of nitrogens with two attached hydrogens (primary N) is 1. The highest BCUT2D eigenvalue weighted by Crippen LogP contribution is 2.28. The van der Waals surface area contributed by atoms with E-state index >= 15 is 0 Å². The number of sulfone groups is 1. The van der Waals surface area contributed by atoms with Gasteiger partial charge in [-0.3, -0.25) is 0 Å². The van der Waals surface area contributed by atoms with Gasteiger partial charge in [0.25, 0.3) is 0 Å². The van der Waals surface area contributed by atoms with Gasteiger partial charge in [-0.25, -0.2) is 21.6 Å². The first-order chi connectivity index (χ1) is 8.23. The highest BCUT2D eigenvalue weighted by molar-refractivity contribution is 7.92. The molecule has 0 unspecified atom stereocenters. The van der Waals surface area contributed by atoms with Crippen LogP contribution in [0.1, 0.15) is 32.1 Å². The minimum atomic E-state index is -3.44. The molecule has 2 aliphatic rings. The van der Waals surface area contributed by atoms with E-state index in [0.29, 0.717) is 0 Å². The van der Waals surface area contributed by atoms with Crippen molar-refractivity contribution in [1.82, 2.24) is 4.72 Å². The van der Waals surface area contributed by atoms with E-state index in [9.17, 15) is 16.8 Å². The molecule has 18 heavy (non-hydrogen) atoms. The molecule has 1 saturated carbocycles. The maximum atomic E-state index is 12.0. The number of hydrogen-bond donors (Lipinski definition) is 2. The highest BCUT2D eigenvalue weighted by atomic mass is 32.2. The van der Waals surface area contributed by atoms with Crippen molar-refractivity contribution in [1.29, 1.82) is 0 Å². The summed E-state index contributed by atoms with van der Waals surface area (Å²) in [6, 6.07) is 0. The third-order valence-corrected chi connectivity index (χ3v) is 7.53. The van der Waals surface area contributed by atoms with E-state index in [1.54, 1.807) is 0 Å². The number of nitrogens with one attached hydrogen (secondary N) is 1. The Balaban J connectivity index is 1.91. The zero-order chi connectivity index (χ0) is 13.4. The Morgan fingerprint density at radius 1 is 1.22 bits per heavy atom. The standard InChI is InChI=1S/C10H20N2O4S2/c11-10(4-1-5-10)8-12-18(15,16)9-2-6-17(13,14)7-3-9/h9,12H,1-8,11H2. The van der Waals surface area contributed by atoms with Crippen LogP contribution < -0.4 is 10.5 Å². The van der Waals surface area contributed by atoms with Crippen LogP contribution in [0.5, 0.6) is 0 Å². The van der Waals surface area contributed by atoms with Crippen molar-refractivity contribution in [3.05, 3.63) is 0 Å². The molecule has 0 spiro atoms. The predicted molar refractivity (Wildman–Crippen MR) is 69.4 cm³/mol. The molecule has 0 amide bonds. The van der Waals surface area contributed by atoms with Gasteiger partial charge < -0.3 is 5.73 Å². The van der Waals surface area contributed by atoms with Crippen molar-refractivity contribution >= 4 is 19.9 Å². The maximum absolute atomic E-state index is 12.0. The van der Waals surface area contributed by atoms with E-state index in [1.165, 1.54) is 0 Å². The molecular weight excluding hydrogens is 276 g/mol. The Morgan fingerprint density at radius 2 is 1.78 bits per heavy atom. The molecule has 8 heteroatoms. The molecule has 106 valence electrons. The maximum Gasteiger partial charge on any atom is 0.214 e. The fourth-order valence-electron chi connectivity index (χ4n) is 2.35. The lowest BCUT2D eigenvalue weighted by Crippen LogP contribution is -2.56. The second-order valence-electron chi connectivity index (χ2n) is 5.43. The van der Waals surface area contributed by atoms with E-state index in [4.69, 9.17) is 5.73 Å². The van der Waals surface area contributed by atoms with Crippen LogP contribution >= 0.6 is 0 Å². The summed E-state index contributed by atoms with van der Waals surface area (Å²) < 4.78 is 49.1. The first kappa shape index (κ1) is 14.2. The van der Waals surface area contributed by atoms with Crippen molar-refractivity contribution in [3.63, 3.8) is 0 Å². The summed E-state index contributed by atoms with van der Waals surface area (Å²) in [5, 5.41) is -0.593. The van der Waals surface area contributed by atoms with Crippen molar-refractivity contribution in [3.8, 4) is 0 Å². The summed E-state index contributed by atoms with van der Waals surface area (Å²) in [4.78, 5) is 0. The molecule has 0 aromatic rings. The molecule has 1 saturated heterocycles. The van der Waals surface area contributed by atoms with Crippen molar-refractivity contribution in [2.75, 3.05) is 18.1 Å². The molecule has 1 aliphatic heterocycles. The topological polar surface area (TPSA) is 106 Å². The normalized spacial score (nSPS) is 27.6. The Bertz CT molecular complexity index is 494. The van der Waals surface area contributed by atoms with Crippen LogP contribution in [-0.2, 0) is 19.9 Å². The fraction of sp³-hybridized carbons (Fsp3) is 1.00. The quantitative estimate of drug-likeness (QED) is 0.718. The predicted octanol–water partition coefficient (Wildman–Crippen LogP) is -0.636. The van der Waals surface area contributed by atoms with Crippen LogP contribution in [0, 0.1) is 0 Å². The molecule has 0 aromatic carbocycles. The van der Waals surface area contributed by atoms with E-state index in [1.807, 2.05) is 0 Å². The van der Waals surface area contributed by atoms with Gasteiger partial charge in [0.05, 0.1) is 16.8 Å². The first-order valence-electron chi connectivity index (χ1n) is 6.20. The third kappa shape index (κ3) is 3.23. The molecule has 2 rings (SSSR count). The van der Waals surface area contributed by atoms with Crippen LogP contribution in [0.15, 0.2) is 0 Å². The summed E-state index contributed by atoms with van der Waals surface area (Å²) in [5.74, 6) is -0.0707. The van der Waals surface area contributed by atoms with Gasteiger partial charge in [-0.1, -0.05) is 0 Å². The molecule has 0 atom stereocenters. The Morgan fingerprint density at radius 3 is 2.22 bits per heavy atom. The zero-order valence-electron chi connectivity index (χ0n) is 10.3. The SMILES string of the molecule is NC1(CNS(=O)(=O)C2CCS(=O)(=O)CC2)CCC1. The molecular formula is C10H20N2O4S2. The molecule has 1 aliphatic carbocycles. The fourth-order valence-corrected chi connectivity index (χ4v) is 5.72. The summed E-state index contributed by atoms with van der Waals surface area (Å²) in [7, 11) is -6.47. The van der Waals surface area contributed by atoms with Gasteiger partial charge in [0.1, 0.15) is 9.84 Å². The second-order valence-corrected chi connectivity index (χ2v) is 9.78. The summed E-state index contributed by atoms with van der Waals surface area (Å²) in [6.45, 7) is 0.262. The molecule has 0 radical (unpaired) electrons. The smallest absolute Gasteiger partial charge is 0.214 e. The Labute approximate surface area is 108 Å². The van der Waals surface area contributed by atoms with Gasteiger partial charge >= 0.3 is 0 Å². The Kier molecular flexibility index (Phi) is 3.74. The van der Waals surface area contributed by atoms with Crippen molar-refractivity contribution in [2.24, 2.45) is 5.73 Å². The van der Waals surface area contributed by atoms with E-state index in [2.05, 4.69) is 4.72 Å². The van der Waals surface area contributed by atoms with Crippen molar-refractivity contribution < 1.29 is 16.8 Å². The van der Waals surface area contributed by atoms with Gasteiger partial charge in [0.15, 0.2) is 0 Å². The van der Waals surface area contributed by atoms with Gasteiger partial charge in [0, 0.05) is 12.1 Å². The first-order valence-corrected chi connectivity index (χ1v) is 9.57. The average Bonchev–Trinajstić information content (AvgIpc) is 2.23. The number of sulfonamides is 1. The van der Waals surface area contributed by atoms with Crippen molar-refractivity contribution in [2.45, 2.75) is 42.9 Å². The molecule has 0 aromatic heterocycles. The molecule has 0 bridgehead atoms. The lowest BCUT2D eigenvalue weighted by Gasteiger charge is -2.38. The largest absolute Gasteiger partial charge is 0.324 e. The minimum Gasteiger partial charge on any atom is -0.324 e. The molecule has 2 fully saturated rings. The van der Waals surface area contributed by atoms with E-state index < -0.39 is 30.6 Å². The molecule has 3 N–H and O–H groups in total. The van der Waals surface area contributed by atoms with Crippen LogP contribution in [0.4, 0.5) is 0 Å². The lowest BCUT2D eigenvalue weighted by atomic mass is 9.78. The van der Waals surface area contributed by atoms with Crippen LogP contribution in [0.25, 0.3) is 0 Å². The van der Waals surface area contributed by atoms with Crippen LogP contribution in [0.2, 0.25) is 0 Å². The van der Waals surface area contributed by atoms with Gasteiger partial charge in [-0.2, -0.15) is 0 Å². The lowest BCUT2D eigenvalue weighted by molar-refractivity contribution is 0.250. The van der Waals surface area contributed by atoms with Crippen LogP contribution in [-0.4, -0.2) is 45.7 Å². The minimum absolute atomic E-state index is 0.0354. The van der Waals surface area contributed by atoms with Gasteiger partial charge in [-0.05, 0) is 32.1 Å². The summed E-state index contributed by atoms with van der Waals surface area (Å²) in [6.07, 6.45) is 3.10. The van der Waals surface area contributed by atoms with E-state index in [-0.39, 0.29) is 30.9 Å². The van der Waals surface area contributed by atoms with Crippen LogP contribution in [0.3, 0.4) is 0 Å². The summed E-state index contributed by atoms with van der Waals surface area (Å²) in [5.41, 5.74) is 5.56. The highest BCUT2D eigenvalue weighted by Gasteiger charge is 2.37. The third-order valence-electron chi connectivity index (χ3n) is 3.92. The number of hydrogen-bond acceptors (Lipinski definition) is 5. The van der Waals surface area contributed by atoms with E-state index in [0.717, 1.165) is 19.3 Å². The summed E-state index contributed by atoms with van der Waals surface area (Å²) >= 11 is 0.